The molecule has 1 N–H and O–H groups in total. The summed E-state index contributed by atoms with van der Waals surface area (Å²) >= 11 is 0. The van der Waals surface area contributed by atoms with Gasteiger partial charge in [0.1, 0.15) is 11.9 Å². The molecule has 114 valence electrons. The van der Waals surface area contributed by atoms with Crippen molar-refractivity contribution in [1.29, 1.82) is 0 Å². The van der Waals surface area contributed by atoms with Gasteiger partial charge in [-0.05, 0) is 43.5 Å². The van der Waals surface area contributed by atoms with Crippen LogP contribution in [-0.4, -0.2) is 28.8 Å². The third kappa shape index (κ3) is 3.23. The van der Waals surface area contributed by atoms with Crippen LogP contribution in [0.1, 0.15) is 38.7 Å². The lowest BCUT2D eigenvalue weighted by Gasteiger charge is -2.24. The Bertz CT molecular complexity index is 535. The van der Waals surface area contributed by atoms with E-state index in [1.165, 1.54) is 17.0 Å². The molecule has 1 fully saturated rings. The summed E-state index contributed by atoms with van der Waals surface area (Å²) in [6.07, 6.45) is 1.63. The van der Waals surface area contributed by atoms with Crippen molar-refractivity contribution in [2.75, 3.05) is 5.32 Å². The number of nitrogens with zero attached hydrogens (tertiary/aromatic N) is 1. The van der Waals surface area contributed by atoms with Gasteiger partial charge in [-0.25, -0.2) is 4.39 Å². The van der Waals surface area contributed by atoms with E-state index in [9.17, 15) is 14.0 Å². The summed E-state index contributed by atoms with van der Waals surface area (Å²) in [7, 11) is 0. The van der Waals surface area contributed by atoms with E-state index < -0.39 is 6.04 Å². The highest BCUT2D eigenvalue weighted by Crippen LogP contribution is 2.23. The molecule has 0 saturated carbocycles. The molecule has 21 heavy (non-hydrogen) atoms. The summed E-state index contributed by atoms with van der Waals surface area (Å²) in [5.41, 5.74) is 1.30. The standard InChI is InChI=1S/C16H21FN2O2/c1-4-13(5-2)19-15(20)9-14(16(19)21)18-12-7-10(3)6-11(17)8-12/h6-8,13-14,18H,4-5,9H2,1-3H3. The third-order valence-corrected chi connectivity index (χ3v) is 3.87. The predicted octanol–water partition coefficient (Wildman–Crippen LogP) is 2.86. The van der Waals surface area contributed by atoms with Crippen LogP contribution in [-0.2, 0) is 9.59 Å². The Morgan fingerprint density at radius 2 is 1.95 bits per heavy atom. The summed E-state index contributed by atoms with van der Waals surface area (Å²) in [6, 6.07) is 3.87. The molecule has 0 aliphatic carbocycles. The Kier molecular flexibility index (Phi) is 4.60. The van der Waals surface area contributed by atoms with Gasteiger partial charge in [-0.1, -0.05) is 13.8 Å². The highest BCUT2D eigenvalue weighted by Gasteiger charge is 2.41. The molecule has 1 aliphatic heterocycles. The van der Waals surface area contributed by atoms with E-state index in [0.717, 1.165) is 18.4 Å². The number of hydrogen-bond acceptors (Lipinski definition) is 3. The summed E-state index contributed by atoms with van der Waals surface area (Å²) in [4.78, 5) is 25.8. The second kappa shape index (κ2) is 6.24. The van der Waals surface area contributed by atoms with Gasteiger partial charge >= 0.3 is 0 Å². The van der Waals surface area contributed by atoms with Gasteiger partial charge in [0.05, 0.1) is 6.42 Å². The lowest BCUT2D eigenvalue weighted by Crippen LogP contribution is -2.41. The summed E-state index contributed by atoms with van der Waals surface area (Å²) < 4.78 is 13.4. The van der Waals surface area contributed by atoms with Crippen molar-refractivity contribution in [3.63, 3.8) is 0 Å². The van der Waals surface area contributed by atoms with Crippen LogP contribution < -0.4 is 5.32 Å². The maximum Gasteiger partial charge on any atom is 0.252 e. The van der Waals surface area contributed by atoms with Crippen LogP contribution in [0.5, 0.6) is 0 Å². The molecule has 1 aromatic rings. The molecule has 0 spiro atoms. The monoisotopic (exact) mass is 292 g/mol. The van der Waals surface area contributed by atoms with Crippen molar-refractivity contribution in [3.05, 3.63) is 29.6 Å². The van der Waals surface area contributed by atoms with E-state index in [2.05, 4.69) is 5.32 Å². The van der Waals surface area contributed by atoms with Crippen LogP contribution in [0, 0.1) is 12.7 Å². The third-order valence-electron chi connectivity index (χ3n) is 3.87. The van der Waals surface area contributed by atoms with Crippen LogP contribution in [0.3, 0.4) is 0 Å². The van der Waals surface area contributed by atoms with Gasteiger partial charge in [0, 0.05) is 11.7 Å². The minimum Gasteiger partial charge on any atom is -0.373 e. The first-order valence-corrected chi connectivity index (χ1v) is 7.35. The van der Waals surface area contributed by atoms with Crippen molar-refractivity contribution in [2.45, 2.75) is 52.1 Å². The fourth-order valence-electron chi connectivity index (χ4n) is 2.82. The fourth-order valence-corrected chi connectivity index (χ4v) is 2.82. The van der Waals surface area contributed by atoms with Gasteiger partial charge in [0.25, 0.3) is 5.91 Å². The van der Waals surface area contributed by atoms with Gasteiger partial charge in [-0.3, -0.25) is 14.5 Å². The minimum atomic E-state index is -0.598. The maximum atomic E-state index is 13.4. The number of nitrogens with one attached hydrogen (secondary N) is 1. The average Bonchev–Trinajstić information content (AvgIpc) is 2.67. The molecule has 0 aromatic heterocycles. The number of likely N-dealkylation sites (tertiary alicyclic amines) is 1. The summed E-state index contributed by atoms with van der Waals surface area (Å²) in [5, 5.41) is 2.98. The zero-order chi connectivity index (χ0) is 15.6. The predicted molar refractivity (Wildman–Crippen MR) is 79.4 cm³/mol. The van der Waals surface area contributed by atoms with Crippen molar-refractivity contribution in [1.82, 2.24) is 4.90 Å². The zero-order valence-corrected chi connectivity index (χ0v) is 12.6. The lowest BCUT2D eigenvalue weighted by molar-refractivity contribution is -0.141. The molecule has 0 radical (unpaired) electrons. The highest BCUT2D eigenvalue weighted by atomic mass is 19.1. The molecule has 1 aliphatic rings. The van der Waals surface area contributed by atoms with Crippen LogP contribution in [0.25, 0.3) is 0 Å². The average molecular weight is 292 g/mol. The first kappa shape index (κ1) is 15.5. The quantitative estimate of drug-likeness (QED) is 0.849. The SMILES string of the molecule is CCC(CC)N1C(=O)CC(Nc2cc(C)cc(F)c2)C1=O. The van der Waals surface area contributed by atoms with Gasteiger partial charge in [-0.15, -0.1) is 0 Å². The Hall–Kier alpha value is -1.91. The van der Waals surface area contributed by atoms with Crippen molar-refractivity contribution in [3.8, 4) is 0 Å². The summed E-state index contributed by atoms with van der Waals surface area (Å²) in [6.45, 7) is 5.71. The molecule has 2 rings (SSSR count). The van der Waals surface area contributed by atoms with E-state index in [1.807, 2.05) is 13.8 Å². The number of aryl methyl sites for hydroxylation is 1. The minimum absolute atomic E-state index is 0.0500. The smallest absolute Gasteiger partial charge is 0.252 e. The van der Waals surface area contributed by atoms with Crippen LogP contribution >= 0.6 is 0 Å². The second-order valence-corrected chi connectivity index (χ2v) is 5.49. The first-order valence-electron chi connectivity index (χ1n) is 7.35. The molecule has 4 nitrogen and oxygen atoms in total. The largest absolute Gasteiger partial charge is 0.373 e. The molecule has 1 heterocycles. The molecule has 2 amide bonds. The van der Waals surface area contributed by atoms with Crippen molar-refractivity contribution >= 4 is 17.5 Å². The van der Waals surface area contributed by atoms with Gasteiger partial charge in [0.15, 0.2) is 0 Å². The first-order chi connectivity index (χ1) is 9.96. The number of rotatable bonds is 5. The van der Waals surface area contributed by atoms with Crippen LogP contribution in [0.2, 0.25) is 0 Å². The second-order valence-electron chi connectivity index (χ2n) is 5.49. The molecular formula is C16H21FN2O2. The summed E-state index contributed by atoms with van der Waals surface area (Å²) in [5.74, 6) is -0.721. The number of carbonyl (C=O) groups excluding carboxylic acids is 2. The van der Waals surface area contributed by atoms with Crippen molar-refractivity contribution < 1.29 is 14.0 Å². The van der Waals surface area contributed by atoms with Crippen LogP contribution in [0.15, 0.2) is 18.2 Å². The van der Waals surface area contributed by atoms with Gasteiger partial charge < -0.3 is 5.32 Å². The highest BCUT2D eigenvalue weighted by molar-refractivity contribution is 6.07. The van der Waals surface area contributed by atoms with Crippen molar-refractivity contribution in [2.24, 2.45) is 0 Å². The fraction of sp³-hybridized carbons (Fsp3) is 0.500. The molecule has 1 saturated heterocycles. The number of imide groups is 1. The molecule has 5 heteroatoms. The maximum absolute atomic E-state index is 13.4. The number of anilines is 1. The van der Waals surface area contributed by atoms with E-state index in [-0.39, 0.29) is 30.1 Å². The molecule has 0 bridgehead atoms. The Labute approximate surface area is 124 Å². The van der Waals surface area contributed by atoms with Gasteiger partial charge in [0.2, 0.25) is 5.91 Å². The normalized spacial score (nSPS) is 18.7. The van der Waals surface area contributed by atoms with E-state index in [1.54, 1.807) is 13.0 Å². The number of hydrogen-bond donors (Lipinski definition) is 1. The number of halogens is 1. The Morgan fingerprint density at radius 1 is 1.29 bits per heavy atom. The molecule has 1 atom stereocenters. The lowest BCUT2D eigenvalue weighted by atomic mass is 10.1. The number of carbonyl (C=O) groups is 2. The molecule has 1 aromatic carbocycles. The van der Waals surface area contributed by atoms with Gasteiger partial charge in [-0.2, -0.15) is 0 Å². The van der Waals surface area contributed by atoms with Crippen LogP contribution in [0.4, 0.5) is 10.1 Å². The Balaban J connectivity index is 2.15. The molecule has 1 unspecified atom stereocenters. The van der Waals surface area contributed by atoms with E-state index in [0.29, 0.717) is 5.69 Å². The van der Waals surface area contributed by atoms with E-state index >= 15 is 0 Å². The molecular weight excluding hydrogens is 271 g/mol. The zero-order valence-electron chi connectivity index (χ0n) is 12.6. The Morgan fingerprint density at radius 3 is 2.52 bits per heavy atom. The number of amides is 2. The number of benzene rings is 1. The topological polar surface area (TPSA) is 49.4 Å². The van der Waals surface area contributed by atoms with E-state index in [4.69, 9.17) is 0 Å².